The standard InChI is InChI=1S/C17H29N3O2S/c1-11-12(14(22)19-15(18-11)23-7)8-9-13(21)20-17(5,6)10-16(2,3)4/h8-10H2,1-7H3,(H,20,21)(H,18,19,22). The first kappa shape index (κ1) is 19.7. The Kier molecular flexibility index (Phi) is 6.45. The average molecular weight is 340 g/mol. The van der Waals surface area contributed by atoms with Crippen LogP contribution in [0.25, 0.3) is 0 Å². The molecule has 6 heteroatoms. The Morgan fingerprint density at radius 3 is 2.35 bits per heavy atom. The van der Waals surface area contributed by atoms with E-state index in [1.807, 2.05) is 27.0 Å². The van der Waals surface area contributed by atoms with Crippen molar-refractivity contribution < 1.29 is 4.79 Å². The maximum absolute atomic E-state index is 12.2. The first-order valence-corrected chi connectivity index (χ1v) is 9.11. The van der Waals surface area contributed by atoms with Gasteiger partial charge in [0.25, 0.3) is 5.56 Å². The molecule has 0 spiro atoms. The lowest BCUT2D eigenvalue weighted by Crippen LogP contribution is -2.46. The summed E-state index contributed by atoms with van der Waals surface area (Å²) in [6, 6.07) is 0. The third kappa shape index (κ3) is 6.77. The van der Waals surface area contributed by atoms with Crippen molar-refractivity contribution in [2.75, 3.05) is 6.26 Å². The molecular formula is C17H29N3O2S. The molecule has 0 radical (unpaired) electrons. The van der Waals surface area contributed by atoms with Crippen LogP contribution in [0, 0.1) is 12.3 Å². The van der Waals surface area contributed by atoms with Gasteiger partial charge in [0.05, 0.1) is 0 Å². The van der Waals surface area contributed by atoms with Crippen molar-refractivity contribution in [3.63, 3.8) is 0 Å². The Hall–Kier alpha value is -1.30. The summed E-state index contributed by atoms with van der Waals surface area (Å²) in [7, 11) is 0. The van der Waals surface area contributed by atoms with Gasteiger partial charge in [0, 0.05) is 23.2 Å². The molecule has 0 aromatic carbocycles. The molecule has 0 atom stereocenters. The van der Waals surface area contributed by atoms with Crippen molar-refractivity contribution in [1.29, 1.82) is 0 Å². The van der Waals surface area contributed by atoms with Crippen molar-refractivity contribution >= 4 is 17.7 Å². The number of rotatable bonds is 6. The molecule has 1 rings (SSSR count). The molecule has 5 nitrogen and oxygen atoms in total. The summed E-state index contributed by atoms with van der Waals surface area (Å²) < 4.78 is 0. The minimum atomic E-state index is -0.266. The van der Waals surface area contributed by atoms with Gasteiger partial charge in [-0.05, 0) is 45.3 Å². The van der Waals surface area contributed by atoms with Gasteiger partial charge in [-0.2, -0.15) is 0 Å². The van der Waals surface area contributed by atoms with Gasteiger partial charge >= 0.3 is 0 Å². The molecule has 0 unspecified atom stereocenters. The van der Waals surface area contributed by atoms with Crippen LogP contribution in [0.3, 0.4) is 0 Å². The molecule has 1 heterocycles. The number of nitrogens with one attached hydrogen (secondary N) is 2. The van der Waals surface area contributed by atoms with Crippen LogP contribution >= 0.6 is 11.8 Å². The molecule has 0 aliphatic rings. The van der Waals surface area contributed by atoms with E-state index in [2.05, 4.69) is 36.1 Å². The lowest BCUT2D eigenvalue weighted by molar-refractivity contribution is -0.122. The molecule has 0 saturated heterocycles. The number of nitrogens with zero attached hydrogens (tertiary/aromatic N) is 1. The van der Waals surface area contributed by atoms with Crippen LogP contribution in [0.5, 0.6) is 0 Å². The Bertz CT molecular complexity index is 615. The van der Waals surface area contributed by atoms with E-state index >= 15 is 0 Å². The maximum atomic E-state index is 12.2. The number of aryl methyl sites for hydroxylation is 1. The first-order valence-electron chi connectivity index (χ1n) is 7.88. The van der Waals surface area contributed by atoms with Crippen molar-refractivity contribution in [2.45, 2.75) is 71.5 Å². The van der Waals surface area contributed by atoms with Crippen LogP contribution in [-0.2, 0) is 11.2 Å². The summed E-state index contributed by atoms with van der Waals surface area (Å²) in [5.41, 5.74) is 1.01. The molecule has 1 aromatic heterocycles. The number of hydrogen-bond acceptors (Lipinski definition) is 4. The van der Waals surface area contributed by atoms with E-state index in [1.54, 1.807) is 0 Å². The Balaban J connectivity index is 2.69. The van der Waals surface area contributed by atoms with Crippen LogP contribution in [-0.4, -0.2) is 27.7 Å². The van der Waals surface area contributed by atoms with E-state index in [0.29, 0.717) is 22.8 Å². The van der Waals surface area contributed by atoms with Crippen molar-refractivity contribution in [2.24, 2.45) is 5.41 Å². The molecule has 0 fully saturated rings. The summed E-state index contributed by atoms with van der Waals surface area (Å²) in [4.78, 5) is 31.3. The average Bonchev–Trinajstić information content (AvgIpc) is 2.33. The van der Waals surface area contributed by atoms with E-state index in [-0.39, 0.29) is 28.8 Å². The zero-order valence-corrected chi connectivity index (χ0v) is 16.1. The molecule has 1 amide bonds. The van der Waals surface area contributed by atoms with Gasteiger partial charge in [-0.25, -0.2) is 4.98 Å². The number of amides is 1. The van der Waals surface area contributed by atoms with Crippen LogP contribution in [0.1, 0.15) is 58.7 Å². The molecule has 0 saturated carbocycles. The second-order valence-corrected chi connectivity index (χ2v) is 8.60. The molecule has 0 aliphatic carbocycles. The number of carbonyl (C=O) groups excluding carboxylic acids is 1. The topological polar surface area (TPSA) is 74.8 Å². The SMILES string of the molecule is CSc1nc(C)c(CCC(=O)NC(C)(C)CC(C)(C)C)c(=O)[nH]1. The fraction of sp³-hybridized carbons (Fsp3) is 0.706. The third-order valence-corrected chi connectivity index (χ3v) is 4.03. The van der Waals surface area contributed by atoms with Gasteiger partial charge in [0.2, 0.25) is 5.91 Å². The van der Waals surface area contributed by atoms with Gasteiger partial charge in [-0.3, -0.25) is 9.59 Å². The lowest BCUT2D eigenvalue weighted by atomic mass is 9.81. The molecule has 23 heavy (non-hydrogen) atoms. The number of hydrogen-bond donors (Lipinski definition) is 2. The zero-order valence-electron chi connectivity index (χ0n) is 15.3. The fourth-order valence-electron chi connectivity index (χ4n) is 3.02. The van der Waals surface area contributed by atoms with E-state index in [4.69, 9.17) is 0 Å². The second kappa shape index (κ2) is 7.51. The molecular weight excluding hydrogens is 310 g/mol. The zero-order chi connectivity index (χ0) is 17.8. The van der Waals surface area contributed by atoms with Crippen LogP contribution in [0.2, 0.25) is 0 Å². The summed E-state index contributed by atoms with van der Waals surface area (Å²) in [6.07, 6.45) is 3.44. The minimum Gasteiger partial charge on any atom is -0.351 e. The lowest BCUT2D eigenvalue weighted by Gasteiger charge is -2.33. The quantitative estimate of drug-likeness (QED) is 0.617. The second-order valence-electron chi connectivity index (χ2n) is 7.81. The normalized spacial score (nSPS) is 12.3. The highest BCUT2D eigenvalue weighted by molar-refractivity contribution is 7.98. The fourth-order valence-corrected chi connectivity index (χ4v) is 3.45. The number of carbonyl (C=O) groups is 1. The predicted molar refractivity (Wildman–Crippen MR) is 96.0 cm³/mol. The van der Waals surface area contributed by atoms with Crippen LogP contribution in [0.4, 0.5) is 0 Å². The number of aromatic nitrogens is 2. The smallest absolute Gasteiger partial charge is 0.254 e. The Morgan fingerprint density at radius 2 is 1.87 bits per heavy atom. The predicted octanol–water partition coefficient (Wildman–Crippen LogP) is 3.06. The third-order valence-electron chi connectivity index (χ3n) is 3.45. The van der Waals surface area contributed by atoms with Gasteiger partial charge in [0.15, 0.2) is 5.16 Å². The first-order chi connectivity index (χ1) is 10.4. The molecule has 0 aliphatic heterocycles. The van der Waals surface area contributed by atoms with Gasteiger partial charge in [0.1, 0.15) is 0 Å². The van der Waals surface area contributed by atoms with Crippen LogP contribution in [0.15, 0.2) is 9.95 Å². The summed E-state index contributed by atoms with van der Waals surface area (Å²) in [6.45, 7) is 12.3. The molecule has 0 bridgehead atoms. The molecule has 130 valence electrons. The van der Waals surface area contributed by atoms with E-state index in [1.165, 1.54) is 11.8 Å². The Labute approximate surface area is 143 Å². The summed E-state index contributed by atoms with van der Waals surface area (Å²) in [5.74, 6) is -0.0352. The van der Waals surface area contributed by atoms with Gasteiger partial charge in [-0.1, -0.05) is 32.5 Å². The number of aromatic amines is 1. The highest BCUT2D eigenvalue weighted by atomic mass is 32.2. The molecule has 1 aromatic rings. The van der Waals surface area contributed by atoms with E-state index in [9.17, 15) is 9.59 Å². The monoisotopic (exact) mass is 339 g/mol. The number of thioether (sulfide) groups is 1. The highest BCUT2D eigenvalue weighted by Crippen LogP contribution is 2.26. The Morgan fingerprint density at radius 1 is 1.26 bits per heavy atom. The largest absolute Gasteiger partial charge is 0.351 e. The van der Waals surface area contributed by atoms with Crippen molar-refractivity contribution in [3.8, 4) is 0 Å². The van der Waals surface area contributed by atoms with Crippen LogP contribution < -0.4 is 10.9 Å². The maximum Gasteiger partial charge on any atom is 0.254 e. The van der Waals surface area contributed by atoms with E-state index in [0.717, 1.165) is 6.42 Å². The highest BCUT2D eigenvalue weighted by Gasteiger charge is 2.26. The van der Waals surface area contributed by atoms with Crippen molar-refractivity contribution in [3.05, 3.63) is 21.6 Å². The summed E-state index contributed by atoms with van der Waals surface area (Å²) >= 11 is 1.40. The van der Waals surface area contributed by atoms with E-state index < -0.39 is 0 Å². The molecule has 2 N–H and O–H groups in total. The van der Waals surface area contributed by atoms with Crippen molar-refractivity contribution in [1.82, 2.24) is 15.3 Å². The van der Waals surface area contributed by atoms with Gasteiger partial charge < -0.3 is 10.3 Å². The van der Waals surface area contributed by atoms with Gasteiger partial charge in [-0.15, -0.1) is 0 Å². The summed E-state index contributed by atoms with van der Waals surface area (Å²) in [5, 5.41) is 3.67. The minimum absolute atomic E-state index is 0.0352. The number of H-pyrrole nitrogens is 1.